The Morgan fingerprint density at radius 3 is 2.44 bits per heavy atom. The molecule has 0 aromatic carbocycles. The SMILES string of the molecule is Cc1cc(OC2CCN(C(=O)NC3CCCCC3)CC2)cc(=O)n1C. The van der Waals surface area contributed by atoms with E-state index < -0.39 is 0 Å². The van der Waals surface area contributed by atoms with Gasteiger partial charge in [0, 0.05) is 50.8 Å². The van der Waals surface area contributed by atoms with Crippen LogP contribution in [0.3, 0.4) is 0 Å². The molecule has 1 saturated heterocycles. The lowest BCUT2D eigenvalue weighted by molar-refractivity contribution is 0.109. The number of rotatable bonds is 3. The Balaban J connectivity index is 1.48. The van der Waals surface area contributed by atoms with Crippen LogP contribution in [-0.4, -0.2) is 40.7 Å². The maximum Gasteiger partial charge on any atom is 0.317 e. The van der Waals surface area contributed by atoms with Gasteiger partial charge in [-0.15, -0.1) is 0 Å². The van der Waals surface area contributed by atoms with Gasteiger partial charge in [0.2, 0.25) is 0 Å². The zero-order valence-corrected chi connectivity index (χ0v) is 15.3. The number of pyridine rings is 1. The first kappa shape index (κ1) is 17.8. The van der Waals surface area contributed by atoms with Crippen molar-refractivity contribution in [3.63, 3.8) is 0 Å². The highest BCUT2D eigenvalue weighted by molar-refractivity contribution is 5.74. The van der Waals surface area contributed by atoms with E-state index >= 15 is 0 Å². The summed E-state index contributed by atoms with van der Waals surface area (Å²) in [6.45, 7) is 3.30. The summed E-state index contributed by atoms with van der Waals surface area (Å²) in [5.74, 6) is 0.630. The quantitative estimate of drug-likeness (QED) is 0.914. The van der Waals surface area contributed by atoms with Crippen molar-refractivity contribution in [2.45, 2.75) is 64.0 Å². The van der Waals surface area contributed by atoms with Crippen molar-refractivity contribution < 1.29 is 9.53 Å². The summed E-state index contributed by atoms with van der Waals surface area (Å²) in [5.41, 5.74) is 0.825. The van der Waals surface area contributed by atoms with Crippen molar-refractivity contribution in [1.82, 2.24) is 14.8 Å². The van der Waals surface area contributed by atoms with Gasteiger partial charge in [-0.1, -0.05) is 19.3 Å². The van der Waals surface area contributed by atoms with Crippen molar-refractivity contribution >= 4 is 6.03 Å². The molecule has 1 aliphatic heterocycles. The zero-order chi connectivity index (χ0) is 17.8. The fourth-order valence-corrected chi connectivity index (χ4v) is 3.69. The van der Waals surface area contributed by atoms with Gasteiger partial charge < -0.3 is 19.5 Å². The molecule has 0 bridgehead atoms. The summed E-state index contributed by atoms with van der Waals surface area (Å²) in [6, 6.07) is 3.84. The zero-order valence-electron chi connectivity index (χ0n) is 15.3. The summed E-state index contributed by atoms with van der Waals surface area (Å²) in [6.07, 6.45) is 7.59. The molecule has 0 atom stereocenters. The Morgan fingerprint density at radius 2 is 1.80 bits per heavy atom. The fraction of sp³-hybridized carbons (Fsp3) is 0.684. The van der Waals surface area contributed by atoms with E-state index in [0.717, 1.165) is 31.4 Å². The van der Waals surface area contributed by atoms with Gasteiger partial charge in [-0.25, -0.2) is 4.79 Å². The highest BCUT2D eigenvalue weighted by Crippen LogP contribution is 2.20. The van der Waals surface area contributed by atoms with Crippen molar-refractivity contribution in [2.75, 3.05) is 13.1 Å². The third-order valence-corrected chi connectivity index (χ3v) is 5.44. The van der Waals surface area contributed by atoms with E-state index in [9.17, 15) is 9.59 Å². The smallest absolute Gasteiger partial charge is 0.317 e. The molecular weight excluding hydrogens is 318 g/mol. The Kier molecular flexibility index (Phi) is 5.66. The lowest BCUT2D eigenvalue weighted by Gasteiger charge is -2.34. The number of nitrogens with zero attached hydrogens (tertiary/aromatic N) is 2. The maximum absolute atomic E-state index is 12.4. The number of amides is 2. The van der Waals surface area contributed by atoms with Crippen LogP contribution in [-0.2, 0) is 7.05 Å². The van der Waals surface area contributed by atoms with Crippen molar-refractivity contribution in [2.24, 2.45) is 7.05 Å². The van der Waals surface area contributed by atoms with E-state index in [-0.39, 0.29) is 17.7 Å². The minimum absolute atomic E-state index is 0.0562. The second kappa shape index (κ2) is 7.93. The predicted molar refractivity (Wildman–Crippen MR) is 97.0 cm³/mol. The number of hydrogen-bond donors (Lipinski definition) is 1. The van der Waals surface area contributed by atoms with Crippen LogP contribution in [0.25, 0.3) is 0 Å². The summed E-state index contributed by atoms with van der Waals surface area (Å²) < 4.78 is 7.58. The van der Waals surface area contributed by atoms with Gasteiger partial charge in [0.05, 0.1) is 0 Å². The molecular formula is C19H29N3O3. The molecule has 6 heteroatoms. The number of urea groups is 1. The lowest BCUT2D eigenvalue weighted by atomic mass is 9.96. The molecule has 2 fully saturated rings. The Labute approximate surface area is 149 Å². The molecule has 0 spiro atoms. The van der Waals surface area contributed by atoms with Crippen molar-refractivity contribution in [3.8, 4) is 5.75 Å². The standard InChI is InChI=1S/C19H29N3O3/c1-14-12-17(13-18(23)21(14)2)25-16-8-10-22(11-9-16)19(24)20-15-6-4-3-5-7-15/h12-13,15-16H,3-11H2,1-2H3,(H,20,24). The molecule has 3 rings (SSSR count). The number of likely N-dealkylation sites (tertiary alicyclic amines) is 1. The van der Waals surface area contributed by atoms with Crippen LogP contribution in [0.4, 0.5) is 4.79 Å². The fourth-order valence-electron chi connectivity index (χ4n) is 3.69. The monoisotopic (exact) mass is 347 g/mol. The van der Waals surface area contributed by atoms with Crippen LogP contribution in [0.15, 0.2) is 16.9 Å². The third-order valence-electron chi connectivity index (χ3n) is 5.44. The Bertz CT molecular complexity index is 656. The van der Waals surface area contributed by atoms with Crippen LogP contribution in [0.5, 0.6) is 5.75 Å². The van der Waals surface area contributed by atoms with Gasteiger partial charge in [-0.3, -0.25) is 4.79 Å². The maximum atomic E-state index is 12.4. The summed E-state index contributed by atoms with van der Waals surface area (Å²) in [4.78, 5) is 26.1. The van der Waals surface area contributed by atoms with Gasteiger partial charge in [-0.2, -0.15) is 0 Å². The number of nitrogens with one attached hydrogen (secondary N) is 1. The minimum Gasteiger partial charge on any atom is -0.490 e. The highest BCUT2D eigenvalue weighted by Gasteiger charge is 2.26. The average Bonchev–Trinajstić information content (AvgIpc) is 2.61. The minimum atomic E-state index is -0.0562. The van der Waals surface area contributed by atoms with E-state index in [1.807, 2.05) is 17.9 Å². The summed E-state index contributed by atoms with van der Waals surface area (Å²) in [5, 5.41) is 3.18. The molecule has 2 amide bonds. The number of carbonyl (C=O) groups excluding carboxylic acids is 1. The number of ether oxygens (including phenoxy) is 1. The molecule has 0 radical (unpaired) electrons. The van der Waals surface area contributed by atoms with E-state index in [4.69, 9.17) is 4.74 Å². The Morgan fingerprint density at radius 1 is 1.12 bits per heavy atom. The van der Waals surface area contributed by atoms with Crippen LogP contribution in [0.1, 0.15) is 50.6 Å². The number of carbonyl (C=O) groups is 1. The van der Waals surface area contributed by atoms with Crippen LogP contribution in [0, 0.1) is 6.92 Å². The number of aryl methyl sites for hydroxylation is 1. The van der Waals surface area contributed by atoms with Crippen molar-refractivity contribution in [1.29, 1.82) is 0 Å². The molecule has 1 aromatic rings. The third kappa shape index (κ3) is 4.55. The van der Waals surface area contributed by atoms with Crippen LogP contribution < -0.4 is 15.6 Å². The lowest BCUT2D eigenvalue weighted by Crippen LogP contribution is -2.49. The second-order valence-electron chi connectivity index (χ2n) is 7.32. The first-order chi connectivity index (χ1) is 12.0. The molecule has 2 aliphatic rings. The van der Waals surface area contributed by atoms with Gasteiger partial charge >= 0.3 is 6.03 Å². The molecule has 1 N–H and O–H groups in total. The number of piperidine rings is 1. The molecule has 1 saturated carbocycles. The molecule has 0 unspecified atom stereocenters. The van der Waals surface area contributed by atoms with Crippen LogP contribution in [0.2, 0.25) is 0 Å². The van der Waals surface area contributed by atoms with Gasteiger partial charge in [0.1, 0.15) is 11.9 Å². The normalized spacial score (nSPS) is 19.7. The largest absolute Gasteiger partial charge is 0.490 e. The van der Waals surface area contributed by atoms with Gasteiger partial charge in [-0.05, 0) is 25.8 Å². The molecule has 2 heterocycles. The van der Waals surface area contributed by atoms with Gasteiger partial charge in [0.15, 0.2) is 0 Å². The molecule has 138 valence electrons. The average molecular weight is 347 g/mol. The van der Waals surface area contributed by atoms with Crippen LogP contribution >= 0.6 is 0 Å². The van der Waals surface area contributed by atoms with E-state index in [1.54, 1.807) is 11.6 Å². The number of hydrogen-bond acceptors (Lipinski definition) is 3. The van der Waals surface area contributed by atoms with E-state index in [1.165, 1.54) is 25.3 Å². The summed E-state index contributed by atoms with van der Waals surface area (Å²) >= 11 is 0. The predicted octanol–water partition coefficient (Wildman–Crippen LogP) is 2.58. The molecule has 25 heavy (non-hydrogen) atoms. The first-order valence-electron chi connectivity index (χ1n) is 9.42. The van der Waals surface area contributed by atoms with E-state index in [0.29, 0.717) is 24.9 Å². The second-order valence-corrected chi connectivity index (χ2v) is 7.32. The molecule has 1 aliphatic carbocycles. The van der Waals surface area contributed by atoms with Crippen molar-refractivity contribution in [3.05, 3.63) is 28.2 Å². The first-order valence-corrected chi connectivity index (χ1v) is 9.42. The number of aromatic nitrogens is 1. The van der Waals surface area contributed by atoms with E-state index in [2.05, 4.69) is 5.32 Å². The summed E-state index contributed by atoms with van der Waals surface area (Å²) in [7, 11) is 1.75. The topological polar surface area (TPSA) is 63.6 Å². The molecule has 6 nitrogen and oxygen atoms in total. The highest BCUT2D eigenvalue weighted by atomic mass is 16.5. The Hall–Kier alpha value is -1.98. The van der Waals surface area contributed by atoms with Gasteiger partial charge in [0.25, 0.3) is 5.56 Å². The molecule has 1 aromatic heterocycles.